The summed E-state index contributed by atoms with van der Waals surface area (Å²) in [5.74, 6) is 0.630. The molecule has 0 heterocycles. The van der Waals surface area contributed by atoms with E-state index in [-0.39, 0.29) is 0 Å². The van der Waals surface area contributed by atoms with Gasteiger partial charge >= 0.3 is 0 Å². The standard InChI is InChI=1S/C14H13N3O/c1-18-14-8-10(9-15)2-7-13(14)17-12-5-3-11(16)4-6-12/h2-8,17H,16H2,1H3. The van der Waals surface area contributed by atoms with Gasteiger partial charge in [0, 0.05) is 17.4 Å². The molecule has 0 aliphatic heterocycles. The summed E-state index contributed by atoms with van der Waals surface area (Å²) in [7, 11) is 1.57. The molecule has 0 spiro atoms. The Bertz CT molecular complexity index is 585. The van der Waals surface area contributed by atoms with Crippen LogP contribution in [0.15, 0.2) is 42.5 Å². The highest BCUT2D eigenvalue weighted by Gasteiger charge is 2.04. The highest BCUT2D eigenvalue weighted by atomic mass is 16.5. The Balaban J connectivity index is 2.29. The van der Waals surface area contributed by atoms with Crippen LogP contribution in [-0.4, -0.2) is 7.11 Å². The Morgan fingerprint density at radius 1 is 1.17 bits per heavy atom. The molecular weight excluding hydrogens is 226 g/mol. The lowest BCUT2D eigenvalue weighted by Crippen LogP contribution is -1.95. The lowest BCUT2D eigenvalue weighted by molar-refractivity contribution is 0.416. The Kier molecular flexibility index (Phi) is 3.35. The van der Waals surface area contributed by atoms with Gasteiger partial charge in [0.1, 0.15) is 5.75 Å². The molecule has 0 unspecified atom stereocenters. The number of rotatable bonds is 3. The summed E-state index contributed by atoms with van der Waals surface area (Å²) in [6.45, 7) is 0. The van der Waals surface area contributed by atoms with Crippen molar-refractivity contribution in [2.24, 2.45) is 0 Å². The van der Waals surface area contributed by atoms with Crippen LogP contribution in [0.25, 0.3) is 0 Å². The van der Waals surface area contributed by atoms with E-state index >= 15 is 0 Å². The third-order valence-corrected chi connectivity index (χ3v) is 2.52. The maximum Gasteiger partial charge on any atom is 0.143 e. The van der Waals surface area contributed by atoms with Crippen LogP contribution in [0.4, 0.5) is 17.1 Å². The van der Waals surface area contributed by atoms with Crippen molar-refractivity contribution in [3.63, 3.8) is 0 Å². The highest BCUT2D eigenvalue weighted by Crippen LogP contribution is 2.28. The van der Waals surface area contributed by atoms with Crippen molar-refractivity contribution in [2.45, 2.75) is 0 Å². The van der Waals surface area contributed by atoms with Gasteiger partial charge in [0.2, 0.25) is 0 Å². The van der Waals surface area contributed by atoms with E-state index in [1.165, 1.54) is 0 Å². The minimum absolute atomic E-state index is 0.565. The maximum atomic E-state index is 8.83. The van der Waals surface area contributed by atoms with Crippen molar-refractivity contribution in [1.82, 2.24) is 0 Å². The fraction of sp³-hybridized carbons (Fsp3) is 0.0714. The third kappa shape index (κ3) is 2.53. The normalized spacial score (nSPS) is 9.56. The van der Waals surface area contributed by atoms with Crippen LogP contribution in [0.1, 0.15) is 5.56 Å². The van der Waals surface area contributed by atoms with Gasteiger partial charge in [0.15, 0.2) is 0 Å². The minimum atomic E-state index is 0.565. The number of hydrogen-bond donors (Lipinski definition) is 2. The molecule has 0 aromatic heterocycles. The quantitative estimate of drug-likeness (QED) is 0.808. The zero-order valence-corrected chi connectivity index (χ0v) is 9.97. The van der Waals surface area contributed by atoms with Gasteiger partial charge in [-0.2, -0.15) is 5.26 Å². The predicted octanol–water partition coefficient (Wildman–Crippen LogP) is 2.89. The molecule has 4 nitrogen and oxygen atoms in total. The number of nitrogens with two attached hydrogens (primary N) is 1. The van der Waals surface area contributed by atoms with Gasteiger partial charge in [-0.3, -0.25) is 0 Å². The molecule has 0 bridgehead atoms. The van der Waals surface area contributed by atoms with E-state index in [2.05, 4.69) is 11.4 Å². The van der Waals surface area contributed by atoms with E-state index < -0.39 is 0 Å². The average Bonchev–Trinajstić information content (AvgIpc) is 2.41. The molecule has 0 saturated carbocycles. The minimum Gasteiger partial charge on any atom is -0.495 e. The molecule has 3 N–H and O–H groups in total. The van der Waals surface area contributed by atoms with Gasteiger partial charge in [-0.1, -0.05) is 0 Å². The van der Waals surface area contributed by atoms with Crippen LogP contribution < -0.4 is 15.8 Å². The summed E-state index contributed by atoms with van der Waals surface area (Å²) in [5, 5.41) is 12.0. The molecule has 0 aliphatic rings. The molecule has 0 fully saturated rings. The second kappa shape index (κ2) is 5.11. The van der Waals surface area contributed by atoms with Crippen molar-refractivity contribution < 1.29 is 4.74 Å². The van der Waals surface area contributed by atoms with E-state index in [4.69, 9.17) is 15.7 Å². The molecule has 0 aliphatic carbocycles. The summed E-state index contributed by atoms with van der Waals surface area (Å²) in [6.07, 6.45) is 0. The first-order valence-corrected chi connectivity index (χ1v) is 5.43. The number of methoxy groups -OCH3 is 1. The molecule has 0 amide bonds. The van der Waals surface area contributed by atoms with Crippen LogP contribution in [0, 0.1) is 11.3 Å². The summed E-state index contributed by atoms with van der Waals surface area (Å²) >= 11 is 0. The number of nitrogens with zero attached hydrogens (tertiary/aromatic N) is 1. The number of nitriles is 1. The zero-order valence-electron chi connectivity index (χ0n) is 9.97. The first kappa shape index (κ1) is 11.8. The fourth-order valence-electron chi connectivity index (χ4n) is 1.59. The highest BCUT2D eigenvalue weighted by molar-refractivity contribution is 5.68. The monoisotopic (exact) mass is 239 g/mol. The van der Waals surface area contributed by atoms with Crippen LogP contribution in [0.5, 0.6) is 5.75 Å². The van der Waals surface area contributed by atoms with Gasteiger partial charge in [0.05, 0.1) is 24.4 Å². The third-order valence-electron chi connectivity index (χ3n) is 2.52. The predicted molar refractivity (Wildman–Crippen MR) is 71.8 cm³/mol. The molecule has 2 aromatic carbocycles. The van der Waals surface area contributed by atoms with Crippen LogP contribution in [0.2, 0.25) is 0 Å². The SMILES string of the molecule is COc1cc(C#N)ccc1Nc1ccc(N)cc1. The van der Waals surface area contributed by atoms with Crippen molar-refractivity contribution in [3.05, 3.63) is 48.0 Å². The van der Waals surface area contributed by atoms with Gasteiger partial charge in [-0.05, 0) is 36.4 Å². The Labute approximate surface area is 106 Å². The molecule has 0 atom stereocenters. The molecule has 2 aromatic rings. The van der Waals surface area contributed by atoms with E-state index in [1.807, 2.05) is 30.3 Å². The summed E-state index contributed by atoms with van der Waals surface area (Å²) in [4.78, 5) is 0. The second-order valence-electron chi connectivity index (χ2n) is 3.77. The van der Waals surface area contributed by atoms with E-state index in [9.17, 15) is 0 Å². The zero-order chi connectivity index (χ0) is 13.0. The van der Waals surface area contributed by atoms with Gasteiger partial charge in [0.25, 0.3) is 0 Å². The first-order valence-electron chi connectivity index (χ1n) is 5.43. The van der Waals surface area contributed by atoms with E-state index in [0.717, 1.165) is 11.4 Å². The van der Waals surface area contributed by atoms with Crippen molar-refractivity contribution in [1.29, 1.82) is 5.26 Å². The summed E-state index contributed by atoms with van der Waals surface area (Å²) in [5.41, 5.74) is 8.62. The lowest BCUT2D eigenvalue weighted by Gasteiger charge is -2.11. The number of hydrogen-bond acceptors (Lipinski definition) is 4. The number of nitrogens with one attached hydrogen (secondary N) is 1. The van der Waals surface area contributed by atoms with Gasteiger partial charge < -0.3 is 15.8 Å². The summed E-state index contributed by atoms with van der Waals surface area (Å²) < 4.78 is 5.25. The Morgan fingerprint density at radius 2 is 1.89 bits per heavy atom. The van der Waals surface area contributed by atoms with Gasteiger partial charge in [-0.15, -0.1) is 0 Å². The molecule has 0 saturated heterocycles. The molecular formula is C14H13N3O. The Morgan fingerprint density at radius 3 is 2.50 bits per heavy atom. The van der Waals surface area contributed by atoms with Crippen LogP contribution >= 0.6 is 0 Å². The number of benzene rings is 2. The lowest BCUT2D eigenvalue weighted by atomic mass is 10.2. The topological polar surface area (TPSA) is 71.1 Å². The molecule has 90 valence electrons. The second-order valence-corrected chi connectivity index (χ2v) is 3.77. The maximum absolute atomic E-state index is 8.83. The smallest absolute Gasteiger partial charge is 0.143 e. The molecule has 2 rings (SSSR count). The van der Waals surface area contributed by atoms with E-state index in [0.29, 0.717) is 17.0 Å². The van der Waals surface area contributed by atoms with Crippen LogP contribution in [-0.2, 0) is 0 Å². The van der Waals surface area contributed by atoms with Crippen LogP contribution in [0.3, 0.4) is 0 Å². The van der Waals surface area contributed by atoms with Crippen molar-refractivity contribution >= 4 is 17.1 Å². The largest absolute Gasteiger partial charge is 0.495 e. The average molecular weight is 239 g/mol. The number of anilines is 3. The van der Waals surface area contributed by atoms with E-state index in [1.54, 1.807) is 19.2 Å². The van der Waals surface area contributed by atoms with Crippen molar-refractivity contribution in [3.8, 4) is 11.8 Å². The molecule has 0 radical (unpaired) electrons. The van der Waals surface area contributed by atoms with Crippen molar-refractivity contribution in [2.75, 3.05) is 18.2 Å². The Hall–Kier alpha value is -2.67. The summed E-state index contributed by atoms with van der Waals surface area (Å²) in [6, 6.07) is 14.7. The number of nitrogen functional groups attached to an aromatic ring is 1. The fourth-order valence-corrected chi connectivity index (χ4v) is 1.59. The number of ether oxygens (including phenoxy) is 1. The molecule has 4 heteroatoms. The first-order chi connectivity index (χ1) is 8.72. The molecule has 18 heavy (non-hydrogen) atoms. The van der Waals surface area contributed by atoms with Gasteiger partial charge in [-0.25, -0.2) is 0 Å².